The lowest BCUT2D eigenvalue weighted by Crippen LogP contribution is -2.45. The van der Waals surface area contributed by atoms with Crippen LogP contribution in [0.3, 0.4) is 0 Å². The summed E-state index contributed by atoms with van der Waals surface area (Å²) < 4.78 is 0. The van der Waals surface area contributed by atoms with Crippen LogP contribution in [0.1, 0.15) is 44.9 Å². The Balaban J connectivity index is 1.58. The Hall–Kier alpha value is -0.830. The molecule has 2 fully saturated rings. The minimum Gasteiger partial charge on any atom is -0.391 e. The van der Waals surface area contributed by atoms with Crippen molar-refractivity contribution >= 4 is 5.91 Å². The first kappa shape index (κ1) is 12.2. The number of aliphatic hydroxyl groups excluding tert-OH is 1. The second-order valence-electron chi connectivity index (χ2n) is 6.21. The van der Waals surface area contributed by atoms with Gasteiger partial charge in [-0.25, -0.2) is 0 Å². The summed E-state index contributed by atoms with van der Waals surface area (Å²) >= 11 is 0. The summed E-state index contributed by atoms with van der Waals surface area (Å²) in [5.74, 6) is 1.43. The first-order chi connectivity index (χ1) is 8.74. The van der Waals surface area contributed by atoms with Gasteiger partial charge in [-0.15, -0.1) is 0 Å². The lowest BCUT2D eigenvalue weighted by atomic mass is 9.92. The van der Waals surface area contributed by atoms with E-state index in [1.165, 1.54) is 6.42 Å². The molecule has 1 amide bonds. The molecule has 3 heteroatoms. The summed E-state index contributed by atoms with van der Waals surface area (Å²) in [4.78, 5) is 12.3. The fourth-order valence-corrected chi connectivity index (χ4v) is 3.83. The van der Waals surface area contributed by atoms with Crippen molar-refractivity contribution in [1.29, 1.82) is 0 Å². The van der Waals surface area contributed by atoms with E-state index in [1.807, 2.05) is 0 Å². The normalized spacial score (nSPS) is 42.8. The molecule has 0 aliphatic heterocycles. The van der Waals surface area contributed by atoms with Gasteiger partial charge >= 0.3 is 0 Å². The number of allylic oxidation sites excluding steroid dienone is 2. The quantitative estimate of drug-likeness (QED) is 0.581. The van der Waals surface area contributed by atoms with E-state index in [0.29, 0.717) is 11.8 Å². The van der Waals surface area contributed by atoms with E-state index in [2.05, 4.69) is 17.5 Å². The van der Waals surface area contributed by atoms with Crippen molar-refractivity contribution in [3.05, 3.63) is 12.2 Å². The SMILES string of the molecule is O=C(NC1CCCCCC1O)C1CC2C=CC1C2. The number of nitrogens with one attached hydrogen (secondary N) is 1. The molecule has 0 radical (unpaired) electrons. The molecule has 100 valence electrons. The molecule has 2 N–H and O–H groups in total. The van der Waals surface area contributed by atoms with Gasteiger partial charge in [-0.3, -0.25) is 4.79 Å². The van der Waals surface area contributed by atoms with E-state index >= 15 is 0 Å². The smallest absolute Gasteiger partial charge is 0.224 e. The maximum atomic E-state index is 12.3. The second-order valence-corrected chi connectivity index (χ2v) is 6.21. The van der Waals surface area contributed by atoms with Crippen molar-refractivity contribution < 1.29 is 9.90 Å². The lowest BCUT2D eigenvalue weighted by Gasteiger charge is -2.25. The van der Waals surface area contributed by atoms with Crippen LogP contribution < -0.4 is 5.32 Å². The van der Waals surface area contributed by atoms with Gasteiger partial charge in [-0.2, -0.15) is 0 Å². The zero-order valence-electron chi connectivity index (χ0n) is 10.8. The molecule has 18 heavy (non-hydrogen) atoms. The summed E-state index contributed by atoms with van der Waals surface area (Å²) in [6, 6.07) is -0.0110. The molecule has 3 rings (SSSR count). The van der Waals surface area contributed by atoms with Crippen molar-refractivity contribution in [3.63, 3.8) is 0 Å². The molecule has 0 heterocycles. The van der Waals surface area contributed by atoms with E-state index in [1.54, 1.807) is 0 Å². The third-order valence-corrected chi connectivity index (χ3v) is 4.92. The van der Waals surface area contributed by atoms with E-state index < -0.39 is 0 Å². The van der Waals surface area contributed by atoms with E-state index in [4.69, 9.17) is 0 Å². The molecule has 0 aromatic carbocycles. The second kappa shape index (κ2) is 5.04. The van der Waals surface area contributed by atoms with Crippen molar-refractivity contribution in [3.8, 4) is 0 Å². The highest BCUT2D eigenvalue weighted by Gasteiger charge is 2.40. The summed E-state index contributed by atoms with van der Waals surface area (Å²) in [7, 11) is 0. The number of amides is 1. The van der Waals surface area contributed by atoms with Crippen LogP contribution in [-0.4, -0.2) is 23.2 Å². The van der Waals surface area contributed by atoms with Gasteiger partial charge in [0.1, 0.15) is 0 Å². The minimum atomic E-state index is -0.342. The summed E-state index contributed by atoms with van der Waals surface area (Å²) in [5.41, 5.74) is 0. The zero-order chi connectivity index (χ0) is 12.5. The standard InChI is InChI=1S/C15H23NO2/c17-14-5-3-1-2-4-13(14)16-15(18)12-9-10-6-7-11(12)8-10/h6-7,10-14,17H,1-5,8-9H2,(H,16,18). The lowest BCUT2D eigenvalue weighted by molar-refractivity contribution is -0.127. The van der Waals surface area contributed by atoms with Gasteiger partial charge in [0.2, 0.25) is 5.91 Å². The Kier molecular flexibility index (Phi) is 3.42. The third-order valence-electron chi connectivity index (χ3n) is 4.92. The van der Waals surface area contributed by atoms with Crippen LogP contribution in [0.25, 0.3) is 0 Å². The number of rotatable bonds is 2. The van der Waals surface area contributed by atoms with E-state index in [0.717, 1.165) is 38.5 Å². The Morgan fingerprint density at radius 1 is 1.11 bits per heavy atom. The number of aliphatic hydroxyl groups is 1. The van der Waals surface area contributed by atoms with E-state index in [-0.39, 0.29) is 24.0 Å². The Bertz CT molecular complexity index is 352. The molecule has 0 saturated heterocycles. The first-order valence-electron chi connectivity index (χ1n) is 7.41. The number of carbonyl (C=O) groups excluding carboxylic acids is 1. The Morgan fingerprint density at radius 3 is 2.67 bits per heavy atom. The molecular weight excluding hydrogens is 226 g/mol. The van der Waals surface area contributed by atoms with E-state index in [9.17, 15) is 9.90 Å². The van der Waals surface area contributed by atoms with Crippen LogP contribution in [0.5, 0.6) is 0 Å². The zero-order valence-corrected chi connectivity index (χ0v) is 10.8. The maximum absolute atomic E-state index is 12.3. The van der Waals surface area contributed by atoms with Gasteiger partial charge in [0.05, 0.1) is 12.1 Å². The molecule has 0 aromatic heterocycles. The fourth-order valence-electron chi connectivity index (χ4n) is 3.83. The van der Waals surface area contributed by atoms with Crippen LogP contribution in [0.4, 0.5) is 0 Å². The van der Waals surface area contributed by atoms with Gasteiger partial charge < -0.3 is 10.4 Å². The Labute approximate surface area is 109 Å². The average molecular weight is 249 g/mol. The predicted molar refractivity (Wildman–Crippen MR) is 69.9 cm³/mol. The molecular formula is C15H23NO2. The number of fused-ring (bicyclic) bond motifs is 2. The molecule has 0 spiro atoms. The average Bonchev–Trinajstić information content (AvgIpc) is 2.93. The summed E-state index contributed by atoms with van der Waals surface area (Å²) in [6.45, 7) is 0. The fraction of sp³-hybridized carbons (Fsp3) is 0.800. The van der Waals surface area contributed by atoms with Gasteiger partial charge in [0, 0.05) is 5.92 Å². The molecule has 3 aliphatic carbocycles. The molecule has 5 atom stereocenters. The highest BCUT2D eigenvalue weighted by Crippen LogP contribution is 2.43. The van der Waals surface area contributed by atoms with Crippen LogP contribution >= 0.6 is 0 Å². The van der Waals surface area contributed by atoms with Crippen molar-refractivity contribution in [2.45, 2.75) is 57.1 Å². The molecule has 5 unspecified atom stereocenters. The third kappa shape index (κ3) is 2.33. The van der Waals surface area contributed by atoms with Crippen LogP contribution in [-0.2, 0) is 4.79 Å². The van der Waals surface area contributed by atoms with Gasteiger partial charge in [0.15, 0.2) is 0 Å². The minimum absolute atomic E-state index is 0.0110. The molecule has 2 bridgehead atoms. The summed E-state index contributed by atoms with van der Waals surface area (Å²) in [5, 5.41) is 13.2. The van der Waals surface area contributed by atoms with Crippen molar-refractivity contribution in [1.82, 2.24) is 5.32 Å². The monoisotopic (exact) mass is 249 g/mol. The van der Waals surface area contributed by atoms with Gasteiger partial charge in [0.25, 0.3) is 0 Å². The number of carbonyl (C=O) groups is 1. The topological polar surface area (TPSA) is 49.3 Å². The highest BCUT2D eigenvalue weighted by atomic mass is 16.3. The maximum Gasteiger partial charge on any atom is 0.224 e. The van der Waals surface area contributed by atoms with Gasteiger partial charge in [-0.1, -0.05) is 31.4 Å². The largest absolute Gasteiger partial charge is 0.391 e. The highest BCUT2D eigenvalue weighted by molar-refractivity contribution is 5.80. The predicted octanol–water partition coefficient (Wildman–Crippen LogP) is 2.01. The molecule has 0 aromatic rings. The Morgan fingerprint density at radius 2 is 1.94 bits per heavy atom. The first-order valence-corrected chi connectivity index (χ1v) is 7.41. The molecule has 3 aliphatic rings. The van der Waals surface area contributed by atoms with Crippen molar-refractivity contribution in [2.24, 2.45) is 17.8 Å². The van der Waals surface area contributed by atoms with Crippen LogP contribution in [0.2, 0.25) is 0 Å². The molecule has 2 saturated carbocycles. The van der Waals surface area contributed by atoms with Crippen LogP contribution in [0, 0.1) is 17.8 Å². The number of hydrogen-bond acceptors (Lipinski definition) is 2. The van der Waals surface area contributed by atoms with Crippen LogP contribution in [0.15, 0.2) is 12.2 Å². The summed E-state index contributed by atoms with van der Waals surface area (Å²) in [6.07, 6.45) is 11.5. The van der Waals surface area contributed by atoms with Gasteiger partial charge in [-0.05, 0) is 37.5 Å². The molecule has 3 nitrogen and oxygen atoms in total. The number of hydrogen-bond donors (Lipinski definition) is 2. The van der Waals surface area contributed by atoms with Crippen molar-refractivity contribution in [2.75, 3.05) is 0 Å².